The van der Waals surface area contributed by atoms with Crippen molar-refractivity contribution < 1.29 is 9.59 Å². The summed E-state index contributed by atoms with van der Waals surface area (Å²) in [6.07, 6.45) is 4.57. The zero-order chi connectivity index (χ0) is 17.6. The average Bonchev–Trinajstić information content (AvgIpc) is 3.22. The van der Waals surface area contributed by atoms with Gasteiger partial charge in [0.25, 0.3) is 0 Å². The van der Waals surface area contributed by atoms with E-state index < -0.39 is 0 Å². The van der Waals surface area contributed by atoms with Crippen LogP contribution < -0.4 is 16.0 Å². The molecule has 0 atom stereocenters. The van der Waals surface area contributed by atoms with Crippen molar-refractivity contribution in [2.24, 2.45) is 0 Å². The van der Waals surface area contributed by atoms with E-state index >= 15 is 0 Å². The number of rotatable bonds is 5. The summed E-state index contributed by atoms with van der Waals surface area (Å²) >= 11 is 4.67. The Morgan fingerprint density at radius 1 is 1.16 bits per heavy atom. The fourth-order valence-corrected chi connectivity index (χ4v) is 3.71. The summed E-state index contributed by atoms with van der Waals surface area (Å²) in [4.78, 5) is 28.3. The van der Waals surface area contributed by atoms with Crippen molar-refractivity contribution in [2.75, 3.05) is 10.6 Å². The molecule has 8 heteroatoms. The first-order valence-electron chi connectivity index (χ1n) is 8.16. The highest BCUT2D eigenvalue weighted by Gasteiger charge is 2.17. The number of hydrogen-bond donors (Lipinski definition) is 3. The lowest BCUT2D eigenvalue weighted by Crippen LogP contribution is -2.36. The van der Waals surface area contributed by atoms with E-state index in [0.717, 1.165) is 23.0 Å². The molecule has 1 aliphatic carbocycles. The van der Waals surface area contributed by atoms with Gasteiger partial charge in [-0.05, 0) is 37.1 Å². The Morgan fingerprint density at radius 3 is 2.60 bits per heavy atom. The van der Waals surface area contributed by atoms with E-state index in [1.807, 2.05) is 24.3 Å². The molecule has 25 heavy (non-hydrogen) atoms. The zero-order valence-corrected chi connectivity index (χ0v) is 16.0. The van der Waals surface area contributed by atoms with Crippen LogP contribution in [-0.2, 0) is 11.2 Å². The molecule has 1 aliphatic rings. The lowest BCUT2D eigenvalue weighted by Gasteiger charge is -2.11. The van der Waals surface area contributed by atoms with E-state index in [1.54, 1.807) is 5.38 Å². The van der Waals surface area contributed by atoms with Crippen LogP contribution in [0.4, 0.5) is 15.6 Å². The number of benzene rings is 1. The van der Waals surface area contributed by atoms with Gasteiger partial charge in [-0.25, -0.2) is 9.78 Å². The molecule has 0 saturated heterocycles. The Kier molecular flexibility index (Phi) is 6.04. The molecule has 2 aromatic rings. The summed E-state index contributed by atoms with van der Waals surface area (Å²) < 4.78 is 0.955. The van der Waals surface area contributed by atoms with Gasteiger partial charge in [0, 0.05) is 21.6 Å². The number of hydrogen-bond acceptors (Lipinski definition) is 4. The van der Waals surface area contributed by atoms with Gasteiger partial charge in [0.2, 0.25) is 5.91 Å². The summed E-state index contributed by atoms with van der Waals surface area (Å²) in [5.41, 5.74) is 1.37. The lowest BCUT2D eigenvalue weighted by atomic mass is 10.3. The number of aromatic nitrogens is 1. The van der Waals surface area contributed by atoms with Gasteiger partial charge in [-0.3, -0.25) is 10.1 Å². The van der Waals surface area contributed by atoms with E-state index in [4.69, 9.17) is 0 Å². The van der Waals surface area contributed by atoms with Crippen molar-refractivity contribution in [3.05, 3.63) is 39.8 Å². The standard InChI is InChI=1S/C17H19BrN4O2S/c18-11-5-7-13(8-6-11)19-15(23)9-14-10-25-17(21-14)22-16(24)20-12-3-1-2-4-12/h5-8,10,12H,1-4,9H2,(H,19,23)(H2,20,21,22,24). The highest BCUT2D eigenvalue weighted by atomic mass is 79.9. The van der Waals surface area contributed by atoms with Gasteiger partial charge >= 0.3 is 6.03 Å². The molecule has 0 bridgehead atoms. The number of urea groups is 1. The van der Waals surface area contributed by atoms with Crippen molar-refractivity contribution in [3.63, 3.8) is 0 Å². The van der Waals surface area contributed by atoms with Crippen molar-refractivity contribution >= 4 is 50.0 Å². The predicted molar refractivity (Wildman–Crippen MR) is 103 cm³/mol. The van der Waals surface area contributed by atoms with Gasteiger partial charge in [0.1, 0.15) is 0 Å². The third-order valence-electron chi connectivity index (χ3n) is 3.93. The fourth-order valence-electron chi connectivity index (χ4n) is 2.74. The maximum absolute atomic E-state index is 12.1. The topological polar surface area (TPSA) is 83.1 Å². The van der Waals surface area contributed by atoms with Gasteiger partial charge in [0.15, 0.2) is 5.13 Å². The van der Waals surface area contributed by atoms with Crippen LogP contribution in [0.5, 0.6) is 0 Å². The third-order valence-corrected chi connectivity index (χ3v) is 5.27. The van der Waals surface area contributed by atoms with Crippen LogP contribution in [0.25, 0.3) is 0 Å². The van der Waals surface area contributed by atoms with Crippen LogP contribution in [0.15, 0.2) is 34.1 Å². The summed E-state index contributed by atoms with van der Waals surface area (Å²) in [6.45, 7) is 0. The molecule has 3 rings (SSSR count). The summed E-state index contributed by atoms with van der Waals surface area (Å²) in [5, 5.41) is 10.8. The summed E-state index contributed by atoms with van der Waals surface area (Å²) in [7, 11) is 0. The molecular formula is C17H19BrN4O2S. The van der Waals surface area contributed by atoms with Crippen LogP contribution in [0.3, 0.4) is 0 Å². The number of nitrogens with one attached hydrogen (secondary N) is 3. The van der Waals surface area contributed by atoms with Crippen LogP contribution in [0.1, 0.15) is 31.4 Å². The molecule has 1 aromatic heterocycles. The maximum Gasteiger partial charge on any atom is 0.321 e. The second-order valence-electron chi connectivity index (χ2n) is 5.96. The first kappa shape index (κ1) is 17.9. The molecule has 1 fully saturated rings. The molecule has 1 saturated carbocycles. The number of carbonyl (C=O) groups is 2. The van der Waals surface area contributed by atoms with Crippen LogP contribution in [0, 0.1) is 0 Å². The zero-order valence-electron chi connectivity index (χ0n) is 13.5. The molecule has 0 aliphatic heterocycles. The minimum Gasteiger partial charge on any atom is -0.335 e. The largest absolute Gasteiger partial charge is 0.335 e. The monoisotopic (exact) mass is 422 g/mol. The van der Waals surface area contributed by atoms with Gasteiger partial charge in [-0.1, -0.05) is 28.8 Å². The second kappa shape index (κ2) is 8.44. The Hall–Kier alpha value is -1.93. The van der Waals surface area contributed by atoms with E-state index in [-0.39, 0.29) is 24.4 Å². The van der Waals surface area contributed by atoms with Gasteiger partial charge in [-0.2, -0.15) is 0 Å². The van der Waals surface area contributed by atoms with E-state index in [9.17, 15) is 9.59 Å². The van der Waals surface area contributed by atoms with Crippen LogP contribution in [0.2, 0.25) is 0 Å². The SMILES string of the molecule is O=C(Cc1csc(NC(=O)NC2CCCC2)n1)Nc1ccc(Br)cc1. The number of nitrogens with zero attached hydrogens (tertiary/aromatic N) is 1. The molecule has 6 nitrogen and oxygen atoms in total. The number of halogens is 1. The molecule has 0 unspecified atom stereocenters. The van der Waals surface area contributed by atoms with E-state index in [1.165, 1.54) is 24.2 Å². The number of carbonyl (C=O) groups excluding carboxylic acids is 2. The Bertz CT molecular complexity index is 741. The first-order chi connectivity index (χ1) is 12.1. The number of amides is 3. The number of anilines is 2. The molecule has 132 valence electrons. The smallest absolute Gasteiger partial charge is 0.321 e. The van der Waals surface area contributed by atoms with Gasteiger partial charge in [0.05, 0.1) is 12.1 Å². The molecule has 3 N–H and O–H groups in total. The molecule has 1 heterocycles. The quantitative estimate of drug-likeness (QED) is 0.676. The first-order valence-corrected chi connectivity index (χ1v) is 9.83. The lowest BCUT2D eigenvalue weighted by molar-refractivity contribution is -0.115. The molecule has 0 spiro atoms. The molecular weight excluding hydrogens is 404 g/mol. The van der Waals surface area contributed by atoms with Crippen LogP contribution in [-0.4, -0.2) is 23.0 Å². The second-order valence-corrected chi connectivity index (χ2v) is 7.73. The number of thiazole rings is 1. The molecule has 3 amide bonds. The van der Waals surface area contributed by atoms with Crippen molar-refractivity contribution in [3.8, 4) is 0 Å². The predicted octanol–water partition coefficient (Wildman–Crippen LogP) is 4.15. The van der Waals surface area contributed by atoms with Crippen LogP contribution >= 0.6 is 27.3 Å². The van der Waals surface area contributed by atoms with Crippen molar-refractivity contribution in [1.82, 2.24) is 10.3 Å². The maximum atomic E-state index is 12.1. The molecule has 0 radical (unpaired) electrons. The highest BCUT2D eigenvalue weighted by molar-refractivity contribution is 9.10. The van der Waals surface area contributed by atoms with Crippen molar-refractivity contribution in [2.45, 2.75) is 38.1 Å². The van der Waals surface area contributed by atoms with Crippen molar-refractivity contribution in [1.29, 1.82) is 0 Å². The Morgan fingerprint density at radius 2 is 1.88 bits per heavy atom. The van der Waals surface area contributed by atoms with Gasteiger partial charge in [-0.15, -0.1) is 11.3 Å². The van der Waals surface area contributed by atoms with E-state index in [2.05, 4.69) is 36.9 Å². The summed E-state index contributed by atoms with van der Waals surface area (Å²) in [6, 6.07) is 7.41. The van der Waals surface area contributed by atoms with Gasteiger partial charge < -0.3 is 10.6 Å². The van der Waals surface area contributed by atoms with E-state index in [0.29, 0.717) is 10.8 Å². The average molecular weight is 423 g/mol. The highest BCUT2D eigenvalue weighted by Crippen LogP contribution is 2.19. The minimum absolute atomic E-state index is 0.144. The normalized spacial score (nSPS) is 14.3. The minimum atomic E-state index is -0.230. The fraction of sp³-hybridized carbons (Fsp3) is 0.353. The summed E-state index contributed by atoms with van der Waals surface area (Å²) in [5.74, 6) is -0.144. The third kappa shape index (κ3) is 5.54. The Balaban J connectivity index is 1.48. The Labute approximate surface area is 158 Å². The molecule has 1 aromatic carbocycles.